The van der Waals surface area contributed by atoms with Crippen LogP contribution in [0.1, 0.15) is 36.4 Å². The van der Waals surface area contributed by atoms with E-state index < -0.39 is 6.04 Å². The van der Waals surface area contributed by atoms with Crippen LogP contribution in [0.25, 0.3) is 0 Å². The predicted octanol–water partition coefficient (Wildman–Crippen LogP) is 2.71. The van der Waals surface area contributed by atoms with Gasteiger partial charge in [0.05, 0.1) is 12.1 Å². The zero-order valence-electron chi connectivity index (χ0n) is 13.3. The van der Waals surface area contributed by atoms with Gasteiger partial charge in [0.25, 0.3) is 0 Å². The van der Waals surface area contributed by atoms with E-state index in [4.69, 9.17) is 5.73 Å². The van der Waals surface area contributed by atoms with Crippen LogP contribution in [0.2, 0.25) is 0 Å². The number of aromatic nitrogens is 1. The lowest BCUT2D eigenvalue weighted by molar-refractivity contribution is -0.136. The molecule has 1 saturated heterocycles. The fourth-order valence-corrected chi connectivity index (χ4v) is 3.28. The van der Waals surface area contributed by atoms with E-state index in [1.807, 2.05) is 53.6 Å². The number of amides is 1. The van der Waals surface area contributed by atoms with Crippen molar-refractivity contribution in [2.75, 3.05) is 6.54 Å². The van der Waals surface area contributed by atoms with Gasteiger partial charge in [-0.15, -0.1) is 0 Å². The summed E-state index contributed by atoms with van der Waals surface area (Å²) in [5.74, 6) is 0.0439. The first-order valence-electron chi connectivity index (χ1n) is 8.25. The highest BCUT2D eigenvalue weighted by Crippen LogP contribution is 2.30. The summed E-state index contributed by atoms with van der Waals surface area (Å²) >= 11 is 0. The van der Waals surface area contributed by atoms with E-state index in [2.05, 4.69) is 4.98 Å². The van der Waals surface area contributed by atoms with Crippen LogP contribution in [0, 0.1) is 0 Å². The van der Waals surface area contributed by atoms with Crippen molar-refractivity contribution in [1.29, 1.82) is 0 Å². The number of rotatable bonds is 4. The van der Waals surface area contributed by atoms with Crippen LogP contribution in [0.5, 0.6) is 0 Å². The number of pyridine rings is 1. The molecule has 2 heterocycles. The molecular formula is C19H23N3O. The van der Waals surface area contributed by atoms with Crippen molar-refractivity contribution < 1.29 is 4.79 Å². The third-order valence-electron chi connectivity index (χ3n) is 4.47. The minimum Gasteiger partial charge on any atom is -0.334 e. The smallest absolute Gasteiger partial charge is 0.240 e. The molecule has 1 fully saturated rings. The molecule has 120 valence electrons. The van der Waals surface area contributed by atoms with Crippen LogP contribution in [-0.4, -0.2) is 28.4 Å². The van der Waals surface area contributed by atoms with Crippen molar-refractivity contribution in [3.8, 4) is 0 Å². The van der Waals surface area contributed by atoms with E-state index in [1.54, 1.807) is 6.20 Å². The normalized spacial score (nSPS) is 19.3. The average molecular weight is 309 g/mol. The van der Waals surface area contributed by atoms with Gasteiger partial charge in [-0.2, -0.15) is 0 Å². The molecular weight excluding hydrogens is 286 g/mol. The van der Waals surface area contributed by atoms with Gasteiger partial charge in [-0.1, -0.05) is 36.4 Å². The average Bonchev–Trinajstić information content (AvgIpc) is 2.62. The zero-order chi connectivity index (χ0) is 16.1. The van der Waals surface area contributed by atoms with Gasteiger partial charge < -0.3 is 10.6 Å². The lowest BCUT2D eigenvalue weighted by Gasteiger charge is -2.37. The molecule has 2 atom stereocenters. The van der Waals surface area contributed by atoms with Gasteiger partial charge in [-0.05, 0) is 42.9 Å². The van der Waals surface area contributed by atoms with Crippen molar-refractivity contribution in [3.63, 3.8) is 0 Å². The fourth-order valence-electron chi connectivity index (χ4n) is 3.28. The Kier molecular flexibility index (Phi) is 5.03. The van der Waals surface area contributed by atoms with Gasteiger partial charge in [0, 0.05) is 18.9 Å². The Balaban J connectivity index is 1.73. The Hall–Kier alpha value is -2.20. The predicted molar refractivity (Wildman–Crippen MR) is 90.7 cm³/mol. The maximum atomic E-state index is 12.9. The zero-order valence-corrected chi connectivity index (χ0v) is 13.3. The summed E-state index contributed by atoms with van der Waals surface area (Å²) in [6, 6.07) is 13.5. The SMILES string of the molecule is NC(Cc1ccccc1)C(=O)N1CCCCC1c1cccnc1. The van der Waals surface area contributed by atoms with Crippen molar-refractivity contribution >= 4 is 5.91 Å². The summed E-state index contributed by atoms with van der Waals surface area (Å²) in [6.45, 7) is 0.779. The highest BCUT2D eigenvalue weighted by molar-refractivity contribution is 5.82. The Bertz CT molecular complexity index is 630. The number of piperidine rings is 1. The van der Waals surface area contributed by atoms with Crippen molar-refractivity contribution in [3.05, 3.63) is 66.0 Å². The number of nitrogens with zero attached hydrogens (tertiary/aromatic N) is 2. The fraction of sp³-hybridized carbons (Fsp3) is 0.368. The standard InChI is InChI=1S/C19H23N3O/c20-17(13-15-7-2-1-3-8-15)19(23)22-12-5-4-10-18(22)16-9-6-11-21-14-16/h1-3,6-9,11,14,17-18H,4-5,10,12-13,20H2. The summed E-state index contributed by atoms with van der Waals surface area (Å²) in [7, 11) is 0. The number of carbonyl (C=O) groups excluding carboxylic acids is 1. The topological polar surface area (TPSA) is 59.2 Å². The van der Waals surface area contributed by atoms with E-state index in [0.717, 1.165) is 36.9 Å². The minimum absolute atomic E-state index is 0.0439. The maximum Gasteiger partial charge on any atom is 0.240 e. The van der Waals surface area contributed by atoms with Gasteiger partial charge in [0.15, 0.2) is 0 Å². The molecule has 0 saturated carbocycles. The molecule has 3 rings (SSSR count). The van der Waals surface area contributed by atoms with E-state index in [9.17, 15) is 4.79 Å². The lowest BCUT2D eigenvalue weighted by atomic mass is 9.95. The highest BCUT2D eigenvalue weighted by Gasteiger charge is 2.30. The molecule has 4 heteroatoms. The molecule has 2 unspecified atom stereocenters. The van der Waals surface area contributed by atoms with Gasteiger partial charge in [-0.25, -0.2) is 0 Å². The summed E-state index contributed by atoms with van der Waals surface area (Å²) in [6.07, 6.45) is 7.36. The number of hydrogen-bond acceptors (Lipinski definition) is 3. The molecule has 2 N–H and O–H groups in total. The minimum atomic E-state index is -0.491. The van der Waals surface area contributed by atoms with Crippen LogP contribution < -0.4 is 5.73 Å². The van der Waals surface area contributed by atoms with E-state index in [1.165, 1.54) is 0 Å². The molecule has 0 bridgehead atoms. The molecule has 4 nitrogen and oxygen atoms in total. The molecule has 1 amide bonds. The number of nitrogens with two attached hydrogens (primary N) is 1. The molecule has 0 aliphatic carbocycles. The number of benzene rings is 1. The molecule has 23 heavy (non-hydrogen) atoms. The monoisotopic (exact) mass is 309 g/mol. The first kappa shape index (κ1) is 15.7. The second-order valence-corrected chi connectivity index (χ2v) is 6.13. The van der Waals surface area contributed by atoms with E-state index >= 15 is 0 Å². The largest absolute Gasteiger partial charge is 0.334 e. The molecule has 1 aliphatic rings. The summed E-state index contributed by atoms with van der Waals surface area (Å²) in [5.41, 5.74) is 8.42. The van der Waals surface area contributed by atoms with Crippen LogP contribution in [0.4, 0.5) is 0 Å². The first-order chi connectivity index (χ1) is 11.3. The maximum absolute atomic E-state index is 12.9. The first-order valence-corrected chi connectivity index (χ1v) is 8.25. The molecule has 1 aromatic carbocycles. The number of hydrogen-bond donors (Lipinski definition) is 1. The molecule has 0 radical (unpaired) electrons. The van der Waals surface area contributed by atoms with Gasteiger partial charge in [-0.3, -0.25) is 9.78 Å². The summed E-state index contributed by atoms with van der Waals surface area (Å²) in [5, 5.41) is 0. The second-order valence-electron chi connectivity index (χ2n) is 6.13. The Labute approximate surface area is 137 Å². The van der Waals surface area contributed by atoms with Crippen LogP contribution in [0.3, 0.4) is 0 Å². The quantitative estimate of drug-likeness (QED) is 0.944. The van der Waals surface area contributed by atoms with Crippen molar-refractivity contribution in [2.24, 2.45) is 5.73 Å². The van der Waals surface area contributed by atoms with Gasteiger partial charge in [0.2, 0.25) is 5.91 Å². The Morgan fingerprint density at radius 1 is 1.22 bits per heavy atom. The van der Waals surface area contributed by atoms with E-state index in [0.29, 0.717) is 6.42 Å². The van der Waals surface area contributed by atoms with E-state index in [-0.39, 0.29) is 11.9 Å². The summed E-state index contributed by atoms with van der Waals surface area (Å²) in [4.78, 5) is 19.0. The van der Waals surface area contributed by atoms with Gasteiger partial charge in [0.1, 0.15) is 0 Å². The highest BCUT2D eigenvalue weighted by atomic mass is 16.2. The molecule has 1 aromatic heterocycles. The number of carbonyl (C=O) groups is 1. The molecule has 1 aliphatic heterocycles. The summed E-state index contributed by atoms with van der Waals surface area (Å²) < 4.78 is 0. The molecule has 0 spiro atoms. The second kappa shape index (κ2) is 7.38. The van der Waals surface area contributed by atoms with Crippen LogP contribution in [-0.2, 0) is 11.2 Å². The Morgan fingerprint density at radius 2 is 2.04 bits per heavy atom. The Morgan fingerprint density at radius 3 is 2.78 bits per heavy atom. The lowest BCUT2D eigenvalue weighted by Crippen LogP contribution is -2.48. The van der Waals surface area contributed by atoms with Crippen molar-refractivity contribution in [1.82, 2.24) is 9.88 Å². The van der Waals surface area contributed by atoms with Crippen LogP contribution >= 0.6 is 0 Å². The third-order valence-corrected chi connectivity index (χ3v) is 4.47. The van der Waals surface area contributed by atoms with Crippen molar-refractivity contribution in [2.45, 2.75) is 37.8 Å². The van der Waals surface area contributed by atoms with Crippen LogP contribution in [0.15, 0.2) is 54.9 Å². The van der Waals surface area contributed by atoms with Gasteiger partial charge >= 0.3 is 0 Å². The number of likely N-dealkylation sites (tertiary alicyclic amines) is 1. The third kappa shape index (κ3) is 3.77. The molecule has 2 aromatic rings.